The number of aliphatic hydroxyl groups is 1. The minimum atomic E-state index is -0.804. The van der Waals surface area contributed by atoms with Crippen LogP contribution in [-0.4, -0.2) is 61.5 Å². The number of aryl methyl sites for hydroxylation is 1. The number of hydrogen-bond acceptors (Lipinski definition) is 6. The number of nitrogens with one attached hydrogen (secondary N) is 1. The summed E-state index contributed by atoms with van der Waals surface area (Å²) >= 11 is 0. The number of aromatic hydroxyl groups is 1. The Kier molecular flexibility index (Phi) is 4.09. The van der Waals surface area contributed by atoms with Gasteiger partial charge in [-0.1, -0.05) is 6.07 Å². The zero-order valence-corrected chi connectivity index (χ0v) is 20.5. The monoisotopic (exact) mass is 476 g/mol. The fourth-order valence-corrected chi connectivity index (χ4v) is 9.00. The molecule has 2 bridgehead atoms. The van der Waals surface area contributed by atoms with Gasteiger partial charge in [0.05, 0.1) is 17.6 Å². The molecular formula is C28H36N4O3. The van der Waals surface area contributed by atoms with Gasteiger partial charge < -0.3 is 24.8 Å². The first-order valence-electron chi connectivity index (χ1n) is 13.6. The molecule has 186 valence electrons. The Labute approximate surface area is 206 Å². The zero-order valence-electron chi connectivity index (χ0n) is 20.5. The van der Waals surface area contributed by atoms with Crippen molar-refractivity contribution in [3.63, 3.8) is 0 Å². The number of hydrogen-bond donors (Lipinski definition) is 3. The average Bonchev–Trinajstić information content (AvgIpc) is 3.44. The highest BCUT2D eigenvalue weighted by molar-refractivity contribution is 5.63. The molecule has 1 aromatic carbocycles. The standard InChI is InChI=1S/C28H36N4O3/c1-31-13-11-29-22(31)15-30-20-6-7-26(20)8-9-28(34)21-14-18-4-5-19(33)24-23(18)27(28,25(26)35-24)10-12-32(21)16-17-2-3-17/h4-5,11,13,17,20-21,25,30,33-34H,2-3,6-10,12,14-16H2,1H3/t20-,21-,25+,26+,27+,28-/m1/s1. The van der Waals surface area contributed by atoms with Crippen LogP contribution in [0.15, 0.2) is 24.5 Å². The molecule has 2 spiro atoms. The number of phenolic OH excluding ortho intramolecular Hbond substituents is 1. The van der Waals surface area contributed by atoms with Crippen molar-refractivity contribution in [3.05, 3.63) is 41.5 Å². The van der Waals surface area contributed by atoms with Crippen LogP contribution >= 0.6 is 0 Å². The molecule has 1 saturated heterocycles. The molecule has 35 heavy (non-hydrogen) atoms. The lowest BCUT2D eigenvalue weighted by atomic mass is 9.40. The molecule has 6 aliphatic rings. The largest absolute Gasteiger partial charge is 0.504 e. The predicted octanol–water partition coefficient (Wildman–Crippen LogP) is 2.63. The van der Waals surface area contributed by atoms with Gasteiger partial charge in [0.15, 0.2) is 11.5 Å². The highest BCUT2D eigenvalue weighted by atomic mass is 16.5. The van der Waals surface area contributed by atoms with Crippen LogP contribution in [0.25, 0.3) is 0 Å². The first-order valence-corrected chi connectivity index (χ1v) is 13.6. The molecule has 0 radical (unpaired) electrons. The number of likely N-dealkylation sites (tertiary alicyclic amines) is 1. The molecule has 0 amide bonds. The Balaban J connectivity index is 1.21. The summed E-state index contributed by atoms with van der Waals surface area (Å²) < 4.78 is 8.94. The summed E-state index contributed by atoms with van der Waals surface area (Å²) in [7, 11) is 2.04. The van der Waals surface area contributed by atoms with Gasteiger partial charge in [-0.3, -0.25) is 4.90 Å². The number of fused-ring (bicyclic) bond motifs is 1. The van der Waals surface area contributed by atoms with Gasteiger partial charge in [-0.15, -0.1) is 0 Å². The topological polar surface area (TPSA) is 82.8 Å². The molecule has 3 heterocycles. The lowest BCUT2D eigenvalue weighted by Gasteiger charge is -2.69. The lowest BCUT2D eigenvalue weighted by Crippen LogP contribution is -2.80. The molecule has 3 saturated carbocycles. The van der Waals surface area contributed by atoms with Crippen LogP contribution in [0.3, 0.4) is 0 Å². The van der Waals surface area contributed by atoms with Crippen molar-refractivity contribution < 1.29 is 14.9 Å². The molecule has 4 aliphatic carbocycles. The maximum absolute atomic E-state index is 12.7. The van der Waals surface area contributed by atoms with E-state index in [-0.39, 0.29) is 23.3 Å². The van der Waals surface area contributed by atoms with Crippen LogP contribution in [0, 0.1) is 11.3 Å². The SMILES string of the molecule is Cn1ccnc1CN[C@@H]1CC[C@]12CC[C@@]1(O)[C@H]3Cc4ccc(O)c5c4[C@@]1(CCN3CC1CC1)[C@H]2O5. The Morgan fingerprint density at radius 3 is 2.80 bits per heavy atom. The van der Waals surface area contributed by atoms with E-state index in [2.05, 4.69) is 25.8 Å². The van der Waals surface area contributed by atoms with Crippen molar-refractivity contribution in [1.82, 2.24) is 19.8 Å². The van der Waals surface area contributed by atoms with Crippen molar-refractivity contribution in [2.75, 3.05) is 13.1 Å². The molecule has 8 rings (SSSR count). The fraction of sp³-hybridized carbons (Fsp3) is 0.679. The highest BCUT2D eigenvalue weighted by Gasteiger charge is 2.77. The van der Waals surface area contributed by atoms with E-state index in [4.69, 9.17) is 4.74 Å². The maximum atomic E-state index is 12.7. The van der Waals surface area contributed by atoms with E-state index in [1.807, 2.05) is 25.5 Å². The van der Waals surface area contributed by atoms with Gasteiger partial charge in [-0.05, 0) is 75.5 Å². The summed E-state index contributed by atoms with van der Waals surface area (Å²) in [6.45, 7) is 2.87. The molecule has 0 unspecified atom stereocenters. The molecule has 6 atom stereocenters. The fourth-order valence-electron chi connectivity index (χ4n) is 9.00. The van der Waals surface area contributed by atoms with E-state index < -0.39 is 11.0 Å². The van der Waals surface area contributed by atoms with E-state index in [0.717, 1.165) is 75.5 Å². The number of piperidine rings is 1. The van der Waals surface area contributed by atoms with Crippen LogP contribution in [0.2, 0.25) is 0 Å². The van der Waals surface area contributed by atoms with Crippen molar-refractivity contribution in [3.8, 4) is 11.5 Å². The number of ether oxygens (including phenoxy) is 1. The van der Waals surface area contributed by atoms with Crippen LogP contribution in [0.5, 0.6) is 11.5 Å². The molecule has 7 heteroatoms. The third-order valence-electron chi connectivity index (χ3n) is 11.0. The summed E-state index contributed by atoms with van der Waals surface area (Å²) in [4.78, 5) is 7.12. The quantitative estimate of drug-likeness (QED) is 0.616. The maximum Gasteiger partial charge on any atom is 0.165 e. The van der Waals surface area contributed by atoms with Crippen molar-refractivity contribution in [1.29, 1.82) is 0 Å². The highest BCUT2D eigenvalue weighted by Crippen LogP contribution is 2.71. The Hall–Kier alpha value is -2.09. The Morgan fingerprint density at radius 2 is 2.06 bits per heavy atom. The van der Waals surface area contributed by atoms with E-state index in [1.165, 1.54) is 18.4 Å². The molecule has 3 N–H and O–H groups in total. The number of benzene rings is 1. The first kappa shape index (κ1) is 21.0. The van der Waals surface area contributed by atoms with Gasteiger partial charge in [-0.2, -0.15) is 0 Å². The van der Waals surface area contributed by atoms with Crippen molar-refractivity contribution in [2.45, 2.75) is 87.1 Å². The minimum Gasteiger partial charge on any atom is -0.504 e. The van der Waals surface area contributed by atoms with Gasteiger partial charge in [0.25, 0.3) is 0 Å². The first-order chi connectivity index (χ1) is 17.0. The third kappa shape index (κ3) is 2.50. The van der Waals surface area contributed by atoms with Gasteiger partial charge in [0, 0.05) is 49.0 Å². The number of aromatic nitrogens is 2. The van der Waals surface area contributed by atoms with E-state index in [0.29, 0.717) is 11.8 Å². The second kappa shape index (κ2) is 6.81. The molecular weight excluding hydrogens is 440 g/mol. The minimum absolute atomic E-state index is 0.0271. The Morgan fingerprint density at radius 1 is 1.17 bits per heavy atom. The molecule has 4 fully saturated rings. The van der Waals surface area contributed by atoms with Crippen LogP contribution in [0.4, 0.5) is 0 Å². The smallest absolute Gasteiger partial charge is 0.165 e. The number of rotatable bonds is 5. The molecule has 2 aliphatic heterocycles. The predicted molar refractivity (Wildman–Crippen MR) is 130 cm³/mol. The summed E-state index contributed by atoms with van der Waals surface area (Å²) in [6, 6.07) is 4.39. The number of nitrogens with zero attached hydrogens (tertiary/aromatic N) is 3. The van der Waals surface area contributed by atoms with E-state index >= 15 is 0 Å². The number of phenols is 1. The molecule has 2 aromatic rings. The van der Waals surface area contributed by atoms with Crippen molar-refractivity contribution >= 4 is 0 Å². The normalized spacial score (nSPS) is 40.9. The van der Waals surface area contributed by atoms with Gasteiger partial charge in [0.2, 0.25) is 0 Å². The van der Waals surface area contributed by atoms with Crippen LogP contribution in [0.1, 0.15) is 61.9 Å². The lowest BCUT2D eigenvalue weighted by molar-refractivity contribution is -0.236. The second-order valence-corrected chi connectivity index (χ2v) is 12.4. The van der Waals surface area contributed by atoms with E-state index in [1.54, 1.807) is 0 Å². The average molecular weight is 477 g/mol. The summed E-state index contributed by atoms with van der Waals surface area (Å²) in [6.07, 6.45) is 12.2. The van der Waals surface area contributed by atoms with Crippen LogP contribution < -0.4 is 10.1 Å². The zero-order chi connectivity index (χ0) is 23.6. The summed E-state index contributed by atoms with van der Waals surface area (Å²) in [5.74, 6) is 2.75. The molecule has 1 aromatic heterocycles. The van der Waals surface area contributed by atoms with Gasteiger partial charge >= 0.3 is 0 Å². The van der Waals surface area contributed by atoms with Crippen molar-refractivity contribution in [2.24, 2.45) is 18.4 Å². The second-order valence-electron chi connectivity index (χ2n) is 12.4. The van der Waals surface area contributed by atoms with Gasteiger partial charge in [0.1, 0.15) is 11.9 Å². The van der Waals surface area contributed by atoms with Crippen LogP contribution in [-0.2, 0) is 25.4 Å². The molecule has 7 nitrogen and oxygen atoms in total. The van der Waals surface area contributed by atoms with Gasteiger partial charge in [-0.25, -0.2) is 4.98 Å². The summed E-state index contributed by atoms with van der Waals surface area (Å²) in [5, 5.41) is 27.5. The number of imidazole rings is 1. The third-order valence-corrected chi connectivity index (χ3v) is 11.0. The van der Waals surface area contributed by atoms with E-state index in [9.17, 15) is 10.2 Å². The Bertz CT molecular complexity index is 1210. The summed E-state index contributed by atoms with van der Waals surface area (Å²) in [5.41, 5.74) is 1.16.